The van der Waals surface area contributed by atoms with Crippen LogP contribution in [0, 0.1) is 6.92 Å². The zero-order valence-corrected chi connectivity index (χ0v) is 11.7. The van der Waals surface area contributed by atoms with E-state index >= 15 is 0 Å². The van der Waals surface area contributed by atoms with Gasteiger partial charge in [0.1, 0.15) is 0 Å². The van der Waals surface area contributed by atoms with Gasteiger partial charge in [-0.2, -0.15) is 0 Å². The monoisotopic (exact) mass is 275 g/mol. The highest BCUT2D eigenvalue weighted by atomic mass is 19.3. The Labute approximate surface area is 118 Å². The summed E-state index contributed by atoms with van der Waals surface area (Å²) in [4.78, 5) is 0. The first kappa shape index (κ1) is 14.7. The van der Waals surface area contributed by atoms with Crippen LogP contribution >= 0.6 is 0 Å². The number of alkyl halides is 2. The van der Waals surface area contributed by atoms with Crippen molar-refractivity contribution in [2.24, 2.45) is 0 Å². The summed E-state index contributed by atoms with van der Waals surface area (Å²) in [5.41, 5.74) is 3.59. The fourth-order valence-corrected chi connectivity index (χ4v) is 2.23. The molecule has 0 radical (unpaired) electrons. The molecule has 0 aliphatic heterocycles. The molecule has 0 aliphatic rings. The number of aryl methyl sites for hydroxylation is 1. The summed E-state index contributed by atoms with van der Waals surface area (Å²) in [6.07, 6.45) is -2.40. The van der Waals surface area contributed by atoms with Gasteiger partial charge in [0, 0.05) is 18.2 Å². The quantitative estimate of drug-likeness (QED) is 0.827. The Morgan fingerprint density at radius 2 is 1.65 bits per heavy atom. The van der Waals surface area contributed by atoms with E-state index in [0.29, 0.717) is 6.54 Å². The summed E-state index contributed by atoms with van der Waals surface area (Å²) in [7, 11) is 0. The Kier molecular flexibility index (Phi) is 4.85. The van der Waals surface area contributed by atoms with E-state index in [9.17, 15) is 8.78 Å². The van der Waals surface area contributed by atoms with E-state index < -0.39 is 6.43 Å². The highest BCUT2D eigenvalue weighted by molar-refractivity contribution is 5.28. The molecule has 0 aliphatic carbocycles. The SMILES string of the molecule is Cc1ccccc1C(C)NCc1ccc(C(F)F)cc1. The molecular weight excluding hydrogens is 256 g/mol. The van der Waals surface area contributed by atoms with Gasteiger partial charge in [0.15, 0.2) is 0 Å². The lowest BCUT2D eigenvalue weighted by Gasteiger charge is -2.16. The van der Waals surface area contributed by atoms with Crippen molar-refractivity contribution in [3.63, 3.8) is 0 Å². The topological polar surface area (TPSA) is 12.0 Å². The number of benzene rings is 2. The molecule has 2 rings (SSSR count). The molecule has 20 heavy (non-hydrogen) atoms. The van der Waals surface area contributed by atoms with Crippen LogP contribution in [0.2, 0.25) is 0 Å². The second kappa shape index (κ2) is 6.62. The highest BCUT2D eigenvalue weighted by Crippen LogP contribution is 2.20. The van der Waals surface area contributed by atoms with Crippen molar-refractivity contribution in [2.45, 2.75) is 32.9 Å². The van der Waals surface area contributed by atoms with Crippen LogP contribution in [0.1, 0.15) is 41.6 Å². The van der Waals surface area contributed by atoms with E-state index in [1.165, 1.54) is 23.3 Å². The van der Waals surface area contributed by atoms with E-state index in [-0.39, 0.29) is 11.6 Å². The zero-order valence-electron chi connectivity index (χ0n) is 11.7. The lowest BCUT2D eigenvalue weighted by molar-refractivity contribution is 0.151. The summed E-state index contributed by atoms with van der Waals surface area (Å²) >= 11 is 0. The Balaban J connectivity index is 1.96. The van der Waals surface area contributed by atoms with E-state index in [1.54, 1.807) is 12.1 Å². The Bertz CT molecular complexity index is 549. The molecule has 2 aromatic rings. The molecule has 1 nitrogen and oxygen atoms in total. The normalized spacial score (nSPS) is 12.7. The molecule has 2 aromatic carbocycles. The maximum absolute atomic E-state index is 12.5. The maximum atomic E-state index is 12.5. The average molecular weight is 275 g/mol. The Hall–Kier alpha value is -1.74. The van der Waals surface area contributed by atoms with Crippen molar-refractivity contribution >= 4 is 0 Å². The Morgan fingerprint density at radius 3 is 2.25 bits per heavy atom. The first-order valence-electron chi connectivity index (χ1n) is 6.74. The number of rotatable bonds is 5. The third-order valence-electron chi connectivity index (χ3n) is 3.50. The minimum Gasteiger partial charge on any atom is -0.306 e. The molecule has 0 saturated carbocycles. The lowest BCUT2D eigenvalue weighted by atomic mass is 10.0. The molecular formula is C17H19F2N. The van der Waals surface area contributed by atoms with Crippen molar-refractivity contribution in [2.75, 3.05) is 0 Å². The first-order valence-corrected chi connectivity index (χ1v) is 6.74. The minimum atomic E-state index is -2.40. The van der Waals surface area contributed by atoms with Gasteiger partial charge in [-0.15, -0.1) is 0 Å². The molecule has 1 unspecified atom stereocenters. The van der Waals surface area contributed by atoms with Gasteiger partial charge in [0.25, 0.3) is 6.43 Å². The third kappa shape index (κ3) is 3.64. The molecule has 0 saturated heterocycles. The molecule has 0 heterocycles. The van der Waals surface area contributed by atoms with Crippen LogP contribution in [0.3, 0.4) is 0 Å². The van der Waals surface area contributed by atoms with Crippen molar-refractivity contribution in [3.8, 4) is 0 Å². The van der Waals surface area contributed by atoms with Crippen LogP contribution < -0.4 is 5.32 Å². The third-order valence-corrected chi connectivity index (χ3v) is 3.50. The molecule has 3 heteroatoms. The van der Waals surface area contributed by atoms with Gasteiger partial charge < -0.3 is 5.32 Å². The predicted octanol–water partition coefficient (Wildman–Crippen LogP) is 4.78. The van der Waals surface area contributed by atoms with Crippen LogP contribution in [-0.2, 0) is 6.54 Å². The maximum Gasteiger partial charge on any atom is 0.263 e. The van der Waals surface area contributed by atoms with Crippen LogP contribution in [0.15, 0.2) is 48.5 Å². The van der Waals surface area contributed by atoms with Crippen molar-refractivity contribution in [1.29, 1.82) is 0 Å². The van der Waals surface area contributed by atoms with Gasteiger partial charge in [0.2, 0.25) is 0 Å². The largest absolute Gasteiger partial charge is 0.306 e. The van der Waals surface area contributed by atoms with Crippen molar-refractivity contribution in [1.82, 2.24) is 5.32 Å². The van der Waals surface area contributed by atoms with Gasteiger partial charge in [0.05, 0.1) is 0 Å². The molecule has 106 valence electrons. The summed E-state index contributed by atoms with van der Waals surface area (Å²) < 4.78 is 24.9. The molecule has 0 amide bonds. The van der Waals surface area contributed by atoms with Crippen LogP contribution in [0.4, 0.5) is 8.78 Å². The van der Waals surface area contributed by atoms with Crippen molar-refractivity contribution < 1.29 is 8.78 Å². The fraction of sp³-hybridized carbons (Fsp3) is 0.294. The van der Waals surface area contributed by atoms with Crippen LogP contribution in [0.5, 0.6) is 0 Å². The fourth-order valence-electron chi connectivity index (χ4n) is 2.23. The summed E-state index contributed by atoms with van der Waals surface area (Å²) in [5.74, 6) is 0. The van der Waals surface area contributed by atoms with Gasteiger partial charge in [-0.1, -0.05) is 48.5 Å². The van der Waals surface area contributed by atoms with E-state index in [4.69, 9.17) is 0 Å². The van der Waals surface area contributed by atoms with E-state index in [1.807, 2.05) is 12.1 Å². The minimum absolute atomic E-state index is 0.0701. The molecule has 0 bridgehead atoms. The zero-order chi connectivity index (χ0) is 14.5. The first-order chi connectivity index (χ1) is 9.58. The van der Waals surface area contributed by atoms with Crippen LogP contribution in [-0.4, -0.2) is 0 Å². The standard InChI is InChI=1S/C17H19F2N/c1-12-5-3-4-6-16(12)13(2)20-11-14-7-9-15(10-8-14)17(18)19/h3-10,13,17,20H,11H2,1-2H3. The van der Waals surface area contributed by atoms with Gasteiger partial charge in [-0.25, -0.2) is 8.78 Å². The molecule has 1 atom stereocenters. The second-order valence-corrected chi connectivity index (χ2v) is 5.00. The average Bonchev–Trinajstić information content (AvgIpc) is 2.45. The summed E-state index contributed by atoms with van der Waals surface area (Å²) in [5, 5.41) is 3.42. The molecule has 0 spiro atoms. The lowest BCUT2D eigenvalue weighted by Crippen LogP contribution is -2.18. The number of halogens is 2. The molecule has 0 aromatic heterocycles. The summed E-state index contributed by atoms with van der Waals surface area (Å²) in [6.45, 7) is 4.86. The number of nitrogens with one attached hydrogen (secondary N) is 1. The van der Waals surface area contributed by atoms with Gasteiger partial charge in [-0.3, -0.25) is 0 Å². The number of hydrogen-bond donors (Lipinski definition) is 1. The number of hydrogen-bond acceptors (Lipinski definition) is 1. The van der Waals surface area contributed by atoms with Gasteiger partial charge in [-0.05, 0) is 30.5 Å². The van der Waals surface area contributed by atoms with E-state index in [0.717, 1.165) is 5.56 Å². The predicted molar refractivity (Wildman–Crippen MR) is 77.8 cm³/mol. The smallest absolute Gasteiger partial charge is 0.263 e. The van der Waals surface area contributed by atoms with Gasteiger partial charge >= 0.3 is 0 Å². The Morgan fingerprint density at radius 1 is 1.00 bits per heavy atom. The second-order valence-electron chi connectivity index (χ2n) is 5.00. The highest BCUT2D eigenvalue weighted by Gasteiger charge is 2.08. The molecule has 1 N–H and O–H groups in total. The van der Waals surface area contributed by atoms with Crippen LogP contribution in [0.25, 0.3) is 0 Å². The summed E-state index contributed by atoms with van der Waals surface area (Å²) in [6, 6.07) is 14.9. The van der Waals surface area contributed by atoms with Crippen molar-refractivity contribution in [3.05, 3.63) is 70.8 Å². The van der Waals surface area contributed by atoms with E-state index in [2.05, 4.69) is 31.3 Å². The molecule has 0 fully saturated rings.